The van der Waals surface area contributed by atoms with Gasteiger partial charge >= 0.3 is 0 Å². The first-order valence-electron chi connectivity index (χ1n) is 5.71. The topological polar surface area (TPSA) is 12.4 Å². The second-order valence-electron chi connectivity index (χ2n) is 4.76. The fourth-order valence-electron chi connectivity index (χ4n) is 1.22. The number of rotatable bonds is 7. The molecule has 1 heteroatoms. The molecule has 0 unspecified atom stereocenters. The third-order valence-electron chi connectivity index (χ3n) is 1.97. The van der Waals surface area contributed by atoms with Crippen LogP contribution in [-0.4, -0.2) is 11.8 Å². The van der Waals surface area contributed by atoms with Crippen molar-refractivity contribution in [2.45, 2.75) is 64.8 Å². The van der Waals surface area contributed by atoms with Gasteiger partial charge in [0.15, 0.2) is 0 Å². The Morgan fingerprint density at radius 3 is 2.07 bits per heavy atom. The fourth-order valence-corrected chi connectivity index (χ4v) is 1.22. The van der Waals surface area contributed by atoms with Gasteiger partial charge in [0, 0.05) is 0 Å². The smallest absolute Gasteiger partial charge is 0.0520 e. The first-order valence-corrected chi connectivity index (χ1v) is 5.71. The van der Waals surface area contributed by atoms with Gasteiger partial charge in [-0.25, -0.2) is 0 Å². The lowest BCUT2D eigenvalue weighted by molar-refractivity contribution is 0.582. The van der Waals surface area contributed by atoms with E-state index in [2.05, 4.69) is 38.6 Å². The Morgan fingerprint density at radius 2 is 1.57 bits per heavy atom. The second kappa shape index (κ2) is 7.78. The predicted molar refractivity (Wildman–Crippen MR) is 66.1 cm³/mol. The van der Waals surface area contributed by atoms with E-state index in [9.17, 15) is 0 Å². The summed E-state index contributed by atoms with van der Waals surface area (Å²) in [5, 5.41) is 0. The molecule has 1 nitrogen and oxygen atoms in total. The minimum absolute atomic E-state index is 0.100. The molecule has 0 aliphatic heterocycles. The van der Waals surface area contributed by atoms with Gasteiger partial charge in [0.2, 0.25) is 0 Å². The predicted octanol–water partition coefficient (Wildman–Crippen LogP) is 4.38. The molecule has 0 aliphatic rings. The van der Waals surface area contributed by atoms with Gasteiger partial charge in [-0.1, -0.05) is 18.9 Å². The van der Waals surface area contributed by atoms with Gasteiger partial charge < -0.3 is 0 Å². The summed E-state index contributed by atoms with van der Waals surface area (Å²) in [6, 6.07) is 0. The summed E-state index contributed by atoms with van der Waals surface area (Å²) in [7, 11) is 0. The van der Waals surface area contributed by atoms with Crippen LogP contribution in [0.2, 0.25) is 0 Å². The highest BCUT2D eigenvalue weighted by molar-refractivity contribution is 5.57. The van der Waals surface area contributed by atoms with Crippen molar-refractivity contribution in [3.63, 3.8) is 0 Å². The molecule has 0 rings (SSSR count). The van der Waals surface area contributed by atoms with Crippen LogP contribution in [0.1, 0.15) is 59.3 Å². The maximum atomic E-state index is 4.45. The molecule has 0 bridgehead atoms. The Labute approximate surface area is 89.3 Å². The Hall–Kier alpha value is -0.590. The molecule has 0 aromatic heterocycles. The van der Waals surface area contributed by atoms with Crippen LogP contribution in [0.4, 0.5) is 0 Å². The Kier molecular flexibility index (Phi) is 7.45. The molecule has 0 aliphatic carbocycles. The molecular weight excluding hydrogens is 170 g/mol. The van der Waals surface area contributed by atoms with Gasteiger partial charge in [-0.05, 0) is 52.7 Å². The van der Waals surface area contributed by atoms with Gasteiger partial charge in [0.05, 0.1) is 5.54 Å². The van der Waals surface area contributed by atoms with Crippen LogP contribution in [0.5, 0.6) is 0 Å². The second-order valence-corrected chi connectivity index (χ2v) is 4.76. The summed E-state index contributed by atoms with van der Waals surface area (Å²) >= 11 is 0. The number of allylic oxidation sites excluding steroid dienone is 1. The molecule has 0 amide bonds. The Bertz CT molecular complexity index is 163. The summed E-state index contributed by atoms with van der Waals surface area (Å²) in [5.41, 5.74) is 0.100. The molecule has 0 atom stereocenters. The van der Waals surface area contributed by atoms with E-state index in [0.717, 1.165) is 12.8 Å². The zero-order valence-electron chi connectivity index (χ0n) is 10.1. The summed E-state index contributed by atoms with van der Waals surface area (Å²) < 4.78 is 0. The number of aliphatic imine (C=N–C) groups is 1. The molecule has 0 saturated carbocycles. The van der Waals surface area contributed by atoms with E-state index in [1.165, 1.54) is 25.7 Å². The van der Waals surface area contributed by atoms with Crippen LogP contribution in [0.25, 0.3) is 0 Å². The number of hydrogen-bond donors (Lipinski definition) is 0. The molecule has 0 N–H and O–H groups in total. The average molecular weight is 195 g/mol. The van der Waals surface area contributed by atoms with Crippen LogP contribution in [-0.2, 0) is 0 Å². The molecule has 0 aromatic carbocycles. The quantitative estimate of drug-likeness (QED) is 0.325. The highest BCUT2D eigenvalue weighted by Gasteiger charge is 2.03. The zero-order chi connectivity index (χ0) is 10.9. The SMILES string of the molecule is C=CCCCCCC/C=N/C(C)(C)C. The third kappa shape index (κ3) is 11.4. The van der Waals surface area contributed by atoms with Crippen LogP contribution in [0.15, 0.2) is 17.6 Å². The minimum Gasteiger partial charge on any atom is -0.292 e. The van der Waals surface area contributed by atoms with Crippen LogP contribution < -0.4 is 0 Å². The molecular formula is C13H25N. The zero-order valence-corrected chi connectivity index (χ0v) is 10.1. The maximum Gasteiger partial charge on any atom is 0.0520 e. The normalized spacial score (nSPS) is 12.2. The first kappa shape index (κ1) is 13.4. The molecule has 0 radical (unpaired) electrons. The lowest BCUT2D eigenvalue weighted by atomic mass is 10.1. The van der Waals surface area contributed by atoms with E-state index in [1.54, 1.807) is 0 Å². The van der Waals surface area contributed by atoms with Gasteiger partial charge in [0.1, 0.15) is 0 Å². The monoisotopic (exact) mass is 195 g/mol. The van der Waals surface area contributed by atoms with Gasteiger partial charge in [0.25, 0.3) is 0 Å². The fraction of sp³-hybridized carbons (Fsp3) is 0.769. The minimum atomic E-state index is 0.100. The summed E-state index contributed by atoms with van der Waals surface area (Å²) in [6.07, 6.45) is 11.6. The van der Waals surface area contributed by atoms with Crippen LogP contribution in [0.3, 0.4) is 0 Å². The maximum absolute atomic E-state index is 4.45. The molecule has 82 valence electrons. The van der Waals surface area contributed by atoms with Gasteiger partial charge in [-0.15, -0.1) is 6.58 Å². The van der Waals surface area contributed by atoms with Crippen molar-refractivity contribution < 1.29 is 0 Å². The Balaban J connectivity index is 3.21. The van der Waals surface area contributed by atoms with E-state index < -0.39 is 0 Å². The summed E-state index contributed by atoms with van der Waals surface area (Å²) in [5.74, 6) is 0. The first-order chi connectivity index (χ1) is 6.56. The van der Waals surface area contributed by atoms with Crippen molar-refractivity contribution in [2.75, 3.05) is 0 Å². The van der Waals surface area contributed by atoms with E-state index in [0.29, 0.717) is 0 Å². The van der Waals surface area contributed by atoms with E-state index in [1.807, 2.05) is 6.08 Å². The van der Waals surface area contributed by atoms with Gasteiger partial charge in [-0.3, -0.25) is 4.99 Å². The Morgan fingerprint density at radius 1 is 1.00 bits per heavy atom. The summed E-state index contributed by atoms with van der Waals surface area (Å²) in [6.45, 7) is 10.1. The molecule has 0 saturated heterocycles. The van der Waals surface area contributed by atoms with Crippen molar-refractivity contribution in [2.24, 2.45) is 4.99 Å². The molecule has 14 heavy (non-hydrogen) atoms. The van der Waals surface area contributed by atoms with E-state index in [4.69, 9.17) is 0 Å². The van der Waals surface area contributed by atoms with Crippen molar-refractivity contribution in [3.05, 3.63) is 12.7 Å². The molecule has 0 aromatic rings. The van der Waals surface area contributed by atoms with E-state index >= 15 is 0 Å². The van der Waals surface area contributed by atoms with Crippen LogP contribution >= 0.6 is 0 Å². The number of hydrogen-bond acceptors (Lipinski definition) is 1. The summed E-state index contributed by atoms with van der Waals surface area (Å²) in [4.78, 5) is 4.45. The average Bonchev–Trinajstić information content (AvgIpc) is 2.08. The molecule has 0 spiro atoms. The number of nitrogens with zero attached hydrogens (tertiary/aromatic N) is 1. The molecule has 0 fully saturated rings. The largest absolute Gasteiger partial charge is 0.292 e. The lowest BCUT2D eigenvalue weighted by Gasteiger charge is -2.10. The third-order valence-corrected chi connectivity index (χ3v) is 1.97. The van der Waals surface area contributed by atoms with Crippen molar-refractivity contribution >= 4 is 6.21 Å². The standard InChI is InChI=1S/C13H25N/c1-5-6-7-8-9-10-11-12-14-13(2,3)4/h5,12H,1,6-11H2,2-4H3/b14-12+. The molecule has 0 heterocycles. The highest BCUT2D eigenvalue weighted by atomic mass is 14.8. The van der Waals surface area contributed by atoms with Crippen molar-refractivity contribution in [3.8, 4) is 0 Å². The van der Waals surface area contributed by atoms with Gasteiger partial charge in [-0.2, -0.15) is 0 Å². The van der Waals surface area contributed by atoms with Crippen molar-refractivity contribution in [1.82, 2.24) is 0 Å². The highest BCUT2D eigenvalue weighted by Crippen LogP contribution is 2.07. The van der Waals surface area contributed by atoms with E-state index in [-0.39, 0.29) is 5.54 Å². The van der Waals surface area contributed by atoms with Crippen LogP contribution in [0, 0.1) is 0 Å². The van der Waals surface area contributed by atoms with Crippen molar-refractivity contribution in [1.29, 1.82) is 0 Å². The number of unbranched alkanes of at least 4 members (excludes halogenated alkanes) is 5. The lowest BCUT2D eigenvalue weighted by Crippen LogP contribution is -2.09.